The van der Waals surface area contributed by atoms with Crippen LogP contribution in [0.3, 0.4) is 0 Å². The van der Waals surface area contributed by atoms with Gasteiger partial charge in [-0.15, -0.1) is 11.3 Å². The van der Waals surface area contributed by atoms with Crippen LogP contribution in [0, 0.1) is 0 Å². The molecule has 4 heterocycles. The Kier molecular flexibility index (Phi) is 9.39. The molecule has 4 aromatic rings. The predicted octanol–water partition coefficient (Wildman–Crippen LogP) is 6.21. The summed E-state index contributed by atoms with van der Waals surface area (Å²) in [6.07, 6.45) is 5.71. The summed E-state index contributed by atoms with van der Waals surface area (Å²) < 4.78 is 19.6. The molecule has 212 valence electrons. The summed E-state index contributed by atoms with van der Waals surface area (Å²) in [4.78, 5) is 34.9. The zero-order valence-corrected chi connectivity index (χ0v) is 25.8. The fourth-order valence-electron chi connectivity index (χ4n) is 4.36. The Morgan fingerprint density at radius 2 is 2.02 bits per heavy atom. The lowest BCUT2D eigenvalue weighted by Gasteiger charge is -2.22. The Bertz CT molecular complexity index is 1500. The van der Waals surface area contributed by atoms with Crippen molar-refractivity contribution in [2.45, 2.75) is 64.4 Å². The van der Waals surface area contributed by atoms with Gasteiger partial charge < -0.3 is 14.2 Å². The summed E-state index contributed by atoms with van der Waals surface area (Å²) in [5, 5.41) is 2.24. The molecule has 0 radical (unpaired) electrons. The number of pyridine rings is 1. The van der Waals surface area contributed by atoms with E-state index in [2.05, 4.69) is 29.6 Å². The maximum absolute atomic E-state index is 13.2. The molecule has 0 N–H and O–H groups in total. The zero-order chi connectivity index (χ0) is 28.1. The fourth-order valence-corrected chi connectivity index (χ4v) is 6.81. The molecule has 0 bridgehead atoms. The second kappa shape index (κ2) is 13.0. The molecule has 1 atom stereocenters. The molecule has 0 saturated carbocycles. The van der Waals surface area contributed by atoms with E-state index in [-0.39, 0.29) is 23.7 Å². The van der Waals surface area contributed by atoms with Gasteiger partial charge in [0, 0.05) is 38.4 Å². The van der Waals surface area contributed by atoms with Crippen molar-refractivity contribution in [2.75, 3.05) is 19.8 Å². The van der Waals surface area contributed by atoms with Gasteiger partial charge in [0.15, 0.2) is 11.3 Å². The number of rotatable bonds is 12. The third-order valence-electron chi connectivity index (χ3n) is 6.77. The number of carbonyl (C=O) groups excluding carboxylic acids is 1. The Hall–Kier alpha value is -2.54. The summed E-state index contributed by atoms with van der Waals surface area (Å²) in [5.41, 5.74) is 3.74. The van der Waals surface area contributed by atoms with Crippen molar-refractivity contribution in [1.82, 2.24) is 14.5 Å². The lowest BCUT2D eigenvalue weighted by molar-refractivity contribution is -0.161. The Morgan fingerprint density at radius 3 is 2.77 bits per heavy atom. The minimum atomic E-state index is -1.20. The van der Waals surface area contributed by atoms with Gasteiger partial charge in [-0.3, -0.25) is 19.1 Å². The van der Waals surface area contributed by atoms with E-state index < -0.39 is 8.07 Å². The molecule has 1 fully saturated rings. The van der Waals surface area contributed by atoms with Gasteiger partial charge in [0.2, 0.25) is 5.78 Å². The molecule has 1 unspecified atom stereocenters. The van der Waals surface area contributed by atoms with E-state index in [0.717, 1.165) is 71.1 Å². The second-order valence-corrected chi connectivity index (χ2v) is 18.6. The van der Waals surface area contributed by atoms with Gasteiger partial charge in [0.25, 0.3) is 0 Å². The molecule has 1 aliphatic heterocycles. The molecule has 0 amide bonds. The van der Waals surface area contributed by atoms with Crippen LogP contribution in [0.25, 0.3) is 21.6 Å². The summed E-state index contributed by atoms with van der Waals surface area (Å²) in [6.45, 7) is 9.12. The normalized spacial score (nSPS) is 16.0. The van der Waals surface area contributed by atoms with Crippen molar-refractivity contribution >= 4 is 46.7 Å². The Balaban J connectivity index is 1.20. The first kappa shape index (κ1) is 29.0. The van der Waals surface area contributed by atoms with Gasteiger partial charge in [-0.25, -0.2) is 4.98 Å². The molecule has 1 aliphatic rings. The quantitative estimate of drug-likeness (QED) is 0.109. The van der Waals surface area contributed by atoms with Crippen LogP contribution in [-0.4, -0.2) is 54.5 Å². The molecular weight excluding hydrogens is 563 g/mol. The highest BCUT2D eigenvalue weighted by molar-refractivity contribution is 7.16. The number of hydrogen-bond acceptors (Lipinski definition) is 9. The highest BCUT2D eigenvalue weighted by atomic mass is 32.1. The van der Waals surface area contributed by atoms with Crippen LogP contribution >= 0.6 is 22.7 Å². The van der Waals surface area contributed by atoms with E-state index in [1.54, 1.807) is 16.7 Å². The molecular formula is C29H35N3O5S2Si. The average molecular weight is 598 g/mol. The first-order valence-electron chi connectivity index (χ1n) is 13.7. The van der Waals surface area contributed by atoms with Crippen LogP contribution in [0.2, 0.25) is 25.7 Å². The number of hydrogen-bond donors (Lipinski definition) is 0. The summed E-state index contributed by atoms with van der Waals surface area (Å²) in [7, 11) is -1.20. The number of thiazole rings is 2. The van der Waals surface area contributed by atoms with Gasteiger partial charge in [-0.1, -0.05) is 37.0 Å². The van der Waals surface area contributed by atoms with Crippen LogP contribution in [-0.2, 0) is 27.4 Å². The maximum Gasteiger partial charge on any atom is 0.310 e. The second-order valence-electron chi connectivity index (χ2n) is 11.2. The Morgan fingerprint density at radius 1 is 1.15 bits per heavy atom. The summed E-state index contributed by atoms with van der Waals surface area (Å²) in [6, 6.07) is 10.3. The minimum absolute atomic E-state index is 0.0886. The minimum Gasteiger partial charge on any atom is -0.361 e. The summed E-state index contributed by atoms with van der Waals surface area (Å²) in [5.74, 6) is -0.171. The number of aromatic nitrogens is 3. The van der Waals surface area contributed by atoms with Crippen molar-refractivity contribution in [3.8, 4) is 11.4 Å². The molecule has 5 rings (SSSR count). The molecule has 1 aromatic carbocycles. The number of nitrogens with zero attached hydrogens (tertiary/aromatic N) is 3. The first-order chi connectivity index (χ1) is 19.3. The van der Waals surface area contributed by atoms with E-state index in [1.165, 1.54) is 11.3 Å². The molecule has 40 heavy (non-hydrogen) atoms. The molecule has 11 heteroatoms. The molecule has 8 nitrogen and oxygen atoms in total. The molecule has 1 saturated heterocycles. The highest BCUT2D eigenvalue weighted by Gasteiger charge is 2.18. The standard InChI is InChI=1S/C29H35N3O5S2Si/c1-40(2,3)15-14-35-19-32-24-10-8-21(16-25(24)39-29(32)34)27(33)28-31-23(18-38-28)22-9-7-20(17-30-22)11-13-37-26-6-4-5-12-36-26/h7-10,16-18,26H,4-6,11-15,19H2,1-3H3. The predicted molar refractivity (Wildman–Crippen MR) is 162 cm³/mol. The third kappa shape index (κ3) is 7.39. The maximum atomic E-state index is 13.2. The number of carbonyl (C=O) groups is 1. The first-order valence-corrected chi connectivity index (χ1v) is 19.1. The molecule has 0 spiro atoms. The van der Waals surface area contributed by atoms with Gasteiger partial charge in [-0.05, 0) is 61.6 Å². The van der Waals surface area contributed by atoms with E-state index in [0.29, 0.717) is 29.5 Å². The SMILES string of the molecule is C[Si](C)(C)CCOCn1c(=O)sc2cc(C(=O)c3nc(-c4ccc(CCOC5CCCCO5)cn4)cs3)ccc21. The van der Waals surface area contributed by atoms with Crippen molar-refractivity contribution in [3.05, 3.63) is 67.7 Å². The zero-order valence-electron chi connectivity index (χ0n) is 23.2. The fraction of sp³-hybridized carbons (Fsp3) is 0.448. The van der Waals surface area contributed by atoms with E-state index in [4.69, 9.17) is 14.2 Å². The third-order valence-corrected chi connectivity index (χ3v) is 10.3. The highest BCUT2D eigenvalue weighted by Crippen LogP contribution is 2.25. The largest absolute Gasteiger partial charge is 0.361 e. The van der Waals surface area contributed by atoms with Crippen LogP contribution in [0.5, 0.6) is 0 Å². The number of ketones is 1. The van der Waals surface area contributed by atoms with Crippen molar-refractivity contribution in [3.63, 3.8) is 0 Å². The van der Waals surface area contributed by atoms with Crippen LogP contribution in [0.4, 0.5) is 0 Å². The van der Waals surface area contributed by atoms with E-state index in [1.807, 2.05) is 29.8 Å². The summed E-state index contributed by atoms with van der Waals surface area (Å²) >= 11 is 2.42. The molecule has 3 aromatic heterocycles. The lowest BCUT2D eigenvalue weighted by atomic mass is 10.1. The van der Waals surface area contributed by atoms with Crippen molar-refractivity contribution in [2.24, 2.45) is 0 Å². The van der Waals surface area contributed by atoms with Crippen molar-refractivity contribution < 1.29 is 19.0 Å². The average Bonchev–Trinajstić information content (AvgIpc) is 3.55. The number of fused-ring (bicyclic) bond motifs is 1. The van der Waals surface area contributed by atoms with Crippen LogP contribution < -0.4 is 4.87 Å². The van der Waals surface area contributed by atoms with Crippen LogP contribution in [0.1, 0.15) is 40.2 Å². The monoisotopic (exact) mass is 597 g/mol. The van der Waals surface area contributed by atoms with E-state index >= 15 is 0 Å². The Labute approximate surface area is 243 Å². The number of benzene rings is 1. The topological polar surface area (TPSA) is 92.5 Å². The van der Waals surface area contributed by atoms with Gasteiger partial charge in [-0.2, -0.15) is 0 Å². The number of ether oxygens (including phenoxy) is 3. The van der Waals surface area contributed by atoms with Crippen molar-refractivity contribution in [1.29, 1.82) is 0 Å². The van der Waals surface area contributed by atoms with Gasteiger partial charge >= 0.3 is 4.87 Å². The van der Waals surface area contributed by atoms with Crippen LogP contribution in [0.15, 0.2) is 46.7 Å². The van der Waals surface area contributed by atoms with Gasteiger partial charge in [0.1, 0.15) is 12.4 Å². The van der Waals surface area contributed by atoms with E-state index in [9.17, 15) is 9.59 Å². The smallest absolute Gasteiger partial charge is 0.310 e. The molecule has 0 aliphatic carbocycles. The van der Waals surface area contributed by atoms with Gasteiger partial charge in [0.05, 0.1) is 22.5 Å². The lowest BCUT2D eigenvalue weighted by Crippen LogP contribution is -2.23.